The second-order valence-electron chi connectivity index (χ2n) is 3.88. The van der Waals surface area contributed by atoms with Gasteiger partial charge in [-0.3, -0.25) is 0 Å². The summed E-state index contributed by atoms with van der Waals surface area (Å²) in [4.78, 5) is 3.96. The lowest BCUT2D eigenvalue weighted by Gasteiger charge is -2.12. The lowest BCUT2D eigenvalue weighted by atomic mass is 10.2. The van der Waals surface area contributed by atoms with Crippen LogP contribution in [0.4, 0.5) is 0 Å². The number of nitrogens with one attached hydrogen (secondary N) is 1. The van der Waals surface area contributed by atoms with Crippen molar-refractivity contribution in [1.82, 2.24) is 10.3 Å². The summed E-state index contributed by atoms with van der Waals surface area (Å²) in [5.74, 6) is 0.655. The molecule has 0 aliphatic carbocycles. The summed E-state index contributed by atoms with van der Waals surface area (Å²) in [5, 5.41) is 12.7. The van der Waals surface area contributed by atoms with Gasteiger partial charge in [0.15, 0.2) is 0 Å². The number of pyridine rings is 1. The Balaban J connectivity index is 1.93. The molecule has 1 unspecified atom stereocenters. The molecule has 4 nitrogen and oxygen atoms in total. The Labute approximate surface area is 99.6 Å². The highest BCUT2D eigenvalue weighted by atomic mass is 35.5. The lowest BCUT2D eigenvalue weighted by Crippen LogP contribution is -2.28. The van der Waals surface area contributed by atoms with Crippen LogP contribution in [-0.2, 0) is 6.61 Å². The van der Waals surface area contributed by atoms with E-state index >= 15 is 0 Å². The van der Waals surface area contributed by atoms with Gasteiger partial charge in [0.25, 0.3) is 0 Å². The van der Waals surface area contributed by atoms with Crippen molar-refractivity contribution >= 4 is 11.6 Å². The van der Waals surface area contributed by atoms with Crippen LogP contribution in [0.3, 0.4) is 0 Å². The molecule has 2 rings (SSSR count). The molecule has 1 aliphatic heterocycles. The molecule has 1 atom stereocenters. The third-order valence-electron chi connectivity index (χ3n) is 2.67. The van der Waals surface area contributed by atoms with E-state index in [0.717, 1.165) is 13.0 Å². The number of ether oxygens (including phenoxy) is 1. The molecule has 1 aromatic heterocycles. The summed E-state index contributed by atoms with van der Waals surface area (Å²) in [6.45, 7) is 1.58. The number of rotatable bonds is 4. The minimum absolute atomic E-state index is 0.120. The molecule has 5 heteroatoms. The van der Waals surface area contributed by atoms with E-state index in [9.17, 15) is 0 Å². The van der Waals surface area contributed by atoms with Gasteiger partial charge in [-0.05, 0) is 25.5 Å². The summed E-state index contributed by atoms with van der Waals surface area (Å²) in [6, 6.07) is 2.15. The summed E-state index contributed by atoms with van der Waals surface area (Å²) in [6.07, 6.45) is 3.93. The van der Waals surface area contributed by atoms with Crippen LogP contribution in [0.5, 0.6) is 5.75 Å². The maximum atomic E-state index is 9.03. The van der Waals surface area contributed by atoms with E-state index in [1.165, 1.54) is 6.42 Å². The van der Waals surface area contributed by atoms with E-state index in [4.69, 9.17) is 21.4 Å². The quantitative estimate of drug-likeness (QED) is 0.783. The van der Waals surface area contributed by atoms with E-state index in [1.54, 1.807) is 12.3 Å². The van der Waals surface area contributed by atoms with E-state index in [-0.39, 0.29) is 6.61 Å². The zero-order valence-corrected chi connectivity index (χ0v) is 9.70. The number of aliphatic hydroxyl groups excluding tert-OH is 1. The maximum Gasteiger partial charge on any atom is 0.138 e. The number of hydrogen-bond donors (Lipinski definition) is 2. The average Bonchev–Trinajstić information content (AvgIpc) is 2.81. The molecule has 2 N–H and O–H groups in total. The van der Waals surface area contributed by atoms with Crippen molar-refractivity contribution in [3.8, 4) is 5.75 Å². The fourth-order valence-corrected chi connectivity index (χ4v) is 1.92. The molecule has 1 aliphatic rings. The largest absolute Gasteiger partial charge is 0.490 e. The van der Waals surface area contributed by atoms with Gasteiger partial charge in [0.1, 0.15) is 17.5 Å². The van der Waals surface area contributed by atoms with Crippen LogP contribution in [0.15, 0.2) is 12.3 Å². The van der Waals surface area contributed by atoms with Gasteiger partial charge in [0.2, 0.25) is 0 Å². The maximum absolute atomic E-state index is 9.03. The summed E-state index contributed by atoms with van der Waals surface area (Å²) in [7, 11) is 0. The molecule has 0 amide bonds. The molecule has 1 aromatic rings. The Hall–Kier alpha value is -0.840. The summed E-state index contributed by atoms with van der Waals surface area (Å²) >= 11 is 5.78. The Morgan fingerprint density at radius 1 is 1.62 bits per heavy atom. The molecule has 88 valence electrons. The third-order valence-corrected chi connectivity index (χ3v) is 3.01. The summed E-state index contributed by atoms with van der Waals surface area (Å²) in [5.41, 5.74) is 0.596. The molecule has 16 heavy (non-hydrogen) atoms. The first-order valence-electron chi connectivity index (χ1n) is 5.41. The van der Waals surface area contributed by atoms with Gasteiger partial charge in [-0.1, -0.05) is 11.6 Å². The van der Waals surface area contributed by atoms with Gasteiger partial charge >= 0.3 is 0 Å². The van der Waals surface area contributed by atoms with Crippen LogP contribution in [0.2, 0.25) is 5.15 Å². The molecule has 0 saturated carbocycles. The topological polar surface area (TPSA) is 54.4 Å². The first-order valence-corrected chi connectivity index (χ1v) is 5.79. The molecular weight excluding hydrogens is 228 g/mol. The fourth-order valence-electron chi connectivity index (χ4n) is 1.76. The molecular formula is C11H15ClN2O2. The Morgan fingerprint density at radius 3 is 3.19 bits per heavy atom. The zero-order chi connectivity index (χ0) is 11.4. The van der Waals surface area contributed by atoms with Crippen LogP contribution in [0, 0.1) is 0 Å². The highest BCUT2D eigenvalue weighted by Crippen LogP contribution is 2.19. The van der Waals surface area contributed by atoms with E-state index < -0.39 is 0 Å². The van der Waals surface area contributed by atoms with Crippen LogP contribution < -0.4 is 10.1 Å². The second-order valence-corrected chi connectivity index (χ2v) is 4.24. The van der Waals surface area contributed by atoms with Gasteiger partial charge < -0.3 is 15.2 Å². The number of halogens is 1. The Morgan fingerprint density at radius 2 is 2.50 bits per heavy atom. The number of aromatic nitrogens is 1. The predicted molar refractivity (Wildman–Crippen MR) is 61.7 cm³/mol. The highest BCUT2D eigenvalue weighted by Gasteiger charge is 2.14. The minimum Gasteiger partial charge on any atom is -0.490 e. The van der Waals surface area contributed by atoms with Crippen LogP contribution >= 0.6 is 11.6 Å². The molecule has 0 aromatic carbocycles. The van der Waals surface area contributed by atoms with E-state index in [0.29, 0.717) is 29.1 Å². The molecule has 1 saturated heterocycles. The van der Waals surface area contributed by atoms with Crippen molar-refractivity contribution in [3.63, 3.8) is 0 Å². The van der Waals surface area contributed by atoms with Gasteiger partial charge in [-0.15, -0.1) is 0 Å². The Bertz CT molecular complexity index is 354. The molecule has 0 bridgehead atoms. The molecule has 0 spiro atoms. The number of hydrogen-bond acceptors (Lipinski definition) is 4. The van der Waals surface area contributed by atoms with Gasteiger partial charge in [0.05, 0.1) is 12.8 Å². The normalized spacial score (nSPS) is 20.0. The van der Waals surface area contributed by atoms with Crippen molar-refractivity contribution in [1.29, 1.82) is 0 Å². The molecule has 1 fully saturated rings. The third kappa shape index (κ3) is 2.84. The second kappa shape index (κ2) is 5.48. The van der Waals surface area contributed by atoms with Crippen molar-refractivity contribution in [2.45, 2.75) is 25.5 Å². The standard InChI is InChI=1S/C11H15ClN2O2/c12-11-8(6-15)4-10(5-14-11)16-7-9-2-1-3-13-9/h4-5,9,13,15H,1-3,6-7H2. The smallest absolute Gasteiger partial charge is 0.138 e. The predicted octanol–water partition coefficient (Wildman–Crippen LogP) is 1.36. The number of aliphatic hydroxyl groups is 1. The fraction of sp³-hybridized carbons (Fsp3) is 0.545. The first-order chi connectivity index (χ1) is 7.79. The minimum atomic E-state index is -0.120. The van der Waals surface area contributed by atoms with Crippen molar-refractivity contribution in [2.75, 3.05) is 13.2 Å². The molecule has 2 heterocycles. The first kappa shape index (κ1) is 11.6. The van der Waals surface area contributed by atoms with Gasteiger partial charge in [-0.2, -0.15) is 0 Å². The molecule has 0 radical (unpaired) electrons. The van der Waals surface area contributed by atoms with Crippen molar-refractivity contribution < 1.29 is 9.84 Å². The van der Waals surface area contributed by atoms with E-state index in [1.807, 2.05) is 0 Å². The Kier molecular flexibility index (Phi) is 3.98. The van der Waals surface area contributed by atoms with Gasteiger partial charge in [-0.25, -0.2) is 4.98 Å². The van der Waals surface area contributed by atoms with Crippen molar-refractivity contribution in [2.24, 2.45) is 0 Å². The van der Waals surface area contributed by atoms with Crippen molar-refractivity contribution in [3.05, 3.63) is 23.0 Å². The van der Waals surface area contributed by atoms with Crippen LogP contribution in [0.25, 0.3) is 0 Å². The SMILES string of the molecule is OCc1cc(OCC2CCCN2)cnc1Cl. The zero-order valence-electron chi connectivity index (χ0n) is 8.95. The van der Waals surface area contributed by atoms with Gasteiger partial charge in [0, 0.05) is 11.6 Å². The number of nitrogens with zero attached hydrogens (tertiary/aromatic N) is 1. The van der Waals surface area contributed by atoms with E-state index in [2.05, 4.69) is 10.3 Å². The monoisotopic (exact) mass is 242 g/mol. The lowest BCUT2D eigenvalue weighted by molar-refractivity contribution is 0.268. The highest BCUT2D eigenvalue weighted by molar-refractivity contribution is 6.30. The average molecular weight is 243 g/mol. The summed E-state index contributed by atoms with van der Waals surface area (Å²) < 4.78 is 5.59. The van der Waals surface area contributed by atoms with Crippen LogP contribution in [-0.4, -0.2) is 29.3 Å². The van der Waals surface area contributed by atoms with Crippen LogP contribution in [0.1, 0.15) is 18.4 Å².